The number of Topliss-reactive ketones (excluding diaryl/α,β-unsaturated/α-hetero) is 1. The summed E-state index contributed by atoms with van der Waals surface area (Å²) in [6, 6.07) is 5.63. The van der Waals surface area contributed by atoms with Crippen LogP contribution < -0.4 is 4.74 Å². The fourth-order valence-electron chi connectivity index (χ4n) is 4.29. The van der Waals surface area contributed by atoms with Gasteiger partial charge in [-0.25, -0.2) is 0 Å². The lowest BCUT2D eigenvalue weighted by atomic mass is 9.98. The van der Waals surface area contributed by atoms with E-state index in [2.05, 4.69) is 0 Å². The molecule has 0 radical (unpaired) electrons. The third kappa shape index (κ3) is 7.99. The number of carbonyl (C=O) groups is 6. The fraction of sp³-hybridized carbons (Fsp3) is 0.538. The summed E-state index contributed by atoms with van der Waals surface area (Å²) in [5, 5.41) is 0. The van der Waals surface area contributed by atoms with Crippen LogP contribution in [0, 0.1) is 0 Å². The fourth-order valence-corrected chi connectivity index (χ4v) is 4.29. The monoisotopic (exact) mass is 549 g/mol. The Morgan fingerprint density at radius 1 is 0.769 bits per heavy atom. The molecule has 0 N–H and O–H groups in total. The predicted octanol–water partition coefficient (Wildman–Crippen LogP) is 0.954. The van der Waals surface area contributed by atoms with E-state index >= 15 is 0 Å². The number of ether oxygens (including phenoxy) is 6. The second-order valence-corrected chi connectivity index (χ2v) is 9.04. The van der Waals surface area contributed by atoms with Crippen LogP contribution in [-0.4, -0.2) is 90.9 Å². The van der Waals surface area contributed by atoms with Gasteiger partial charge in [-0.1, -0.05) is 0 Å². The number of benzene rings is 1. The molecule has 212 valence electrons. The van der Waals surface area contributed by atoms with Crippen LogP contribution in [0.25, 0.3) is 0 Å². The van der Waals surface area contributed by atoms with E-state index in [1.807, 2.05) is 0 Å². The molecule has 13 nitrogen and oxygen atoms in total. The maximum absolute atomic E-state index is 12.6. The summed E-state index contributed by atoms with van der Waals surface area (Å²) < 4.78 is 32.9. The van der Waals surface area contributed by atoms with Crippen molar-refractivity contribution in [1.82, 2.24) is 4.90 Å². The van der Waals surface area contributed by atoms with Gasteiger partial charge in [-0.15, -0.1) is 0 Å². The molecule has 0 aromatic heterocycles. The Kier molecular flexibility index (Phi) is 9.99. The van der Waals surface area contributed by atoms with Crippen LogP contribution >= 0.6 is 0 Å². The van der Waals surface area contributed by atoms with Gasteiger partial charge in [0.05, 0.1) is 0 Å². The summed E-state index contributed by atoms with van der Waals surface area (Å²) >= 11 is 0. The molecule has 13 heteroatoms. The molecular weight excluding hydrogens is 518 g/mol. The van der Waals surface area contributed by atoms with Crippen molar-refractivity contribution in [2.75, 3.05) is 19.7 Å². The largest absolute Gasteiger partial charge is 0.463 e. The Bertz CT molecular complexity index is 1090. The number of rotatable bonds is 9. The first-order valence-corrected chi connectivity index (χ1v) is 12.4. The van der Waals surface area contributed by atoms with Gasteiger partial charge >= 0.3 is 23.9 Å². The SMILES string of the molecule is CC(=O)OCC1OC(Oc2ccc(C(=O)C(=O)N3CCCC3)cc2)C(OC(C)=O)C(OC(C)=O)C1OC(C)=O. The quantitative estimate of drug-likeness (QED) is 0.186. The summed E-state index contributed by atoms with van der Waals surface area (Å²) in [6.07, 6.45) is -4.98. The summed E-state index contributed by atoms with van der Waals surface area (Å²) in [4.78, 5) is 73.7. The van der Waals surface area contributed by atoms with Crippen molar-refractivity contribution < 1.29 is 57.2 Å². The molecule has 0 saturated carbocycles. The van der Waals surface area contributed by atoms with Crippen LogP contribution in [-0.2, 0) is 47.7 Å². The number of hydrogen-bond acceptors (Lipinski definition) is 12. The predicted molar refractivity (Wildman–Crippen MR) is 129 cm³/mol. The average Bonchev–Trinajstić information content (AvgIpc) is 3.40. The van der Waals surface area contributed by atoms with Crippen LogP contribution in [0.3, 0.4) is 0 Å². The molecule has 0 aliphatic carbocycles. The third-order valence-corrected chi connectivity index (χ3v) is 5.90. The number of amides is 1. The molecule has 3 rings (SSSR count). The smallest absolute Gasteiger partial charge is 0.303 e. The van der Waals surface area contributed by atoms with E-state index in [0.29, 0.717) is 13.1 Å². The number of hydrogen-bond donors (Lipinski definition) is 0. The van der Waals surface area contributed by atoms with Crippen LogP contribution in [0.2, 0.25) is 0 Å². The van der Waals surface area contributed by atoms with E-state index in [1.165, 1.54) is 36.1 Å². The highest BCUT2D eigenvalue weighted by Gasteiger charge is 2.53. The van der Waals surface area contributed by atoms with Crippen molar-refractivity contribution in [2.24, 2.45) is 0 Å². The van der Waals surface area contributed by atoms with Crippen LogP contribution in [0.5, 0.6) is 5.75 Å². The minimum atomic E-state index is -1.42. The molecule has 0 bridgehead atoms. The van der Waals surface area contributed by atoms with Gasteiger partial charge in [-0.3, -0.25) is 28.8 Å². The molecular formula is C26H31NO12. The van der Waals surface area contributed by atoms with Gasteiger partial charge in [0.25, 0.3) is 5.91 Å². The highest BCUT2D eigenvalue weighted by Crippen LogP contribution is 2.31. The van der Waals surface area contributed by atoms with Crippen molar-refractivity contribution in [2.45, 2.75) is 71.2 Å². The average molecular weight is 550 g/mol. The van der Waals surface area contributed by atoms with E-state index in [1.54, 1.807) is 0 Å². The Morgan fingerprint density at radius 3 is 1.85 bits per heavy atom. The molecule has 1 amide bonds. The van der Waals surface area contributed by atoms with Gasteiger partial charge in [0.1, 0.15) is 18.5 Å². The number of carbonyl (C=O) groups excluding carboxylic acids is 6. The molecule has 2 heterocycles. The van der Waals surface area contributed by atoms with Gasteiger partial charge in [0, 0.05) is 46.3 Å². The van der Waals surface area contributed by atoms with E-state index in [9.17, 15) is 28.8 Å². The van der Waals surface area contributed by atoms with Gasteiger partial charge in [0.15, 0.2) is 12.2 Å². The molecule has 0 spiro atoms. The Morgan fingerprint density at radius 2 is 1.31 bits per heavy atom. The van der Waals surface area contributed by atoms with Crippen molar-refractivity contribution >= 4 is 35.6 Å². The summed E-state index contributed by atoms with van der Waals surface area (Å²) in [5.41, 5.74) is 0.154. The second kappa shape index (κ2) is 13.2. The van der Waals surface area contributed by atoms with Gasteiger partial charge in [-0.2, -0.15) is 0 Å². The van der Waals surface area contributed by atoms with Crippen molar-refractivity contribution in [3.63, 3.8) is 0 Å². The van der Waals surface area contributed by atoms with Crippen molar-refractivity contribution in [1.29, 1.82) is 0 Å². The number of likely N-dealkylation sites (tertiary alicyclic amines) is 1. The molecule has 5 unspecified atom stereocenters. The van der Waals surface area contributed by atoms with E-state index < -0.39 is 72.9 Å². The maximum atomic E-state index is 12.6. The third-order valence-electron chi connectivity index (χ3n) is 5.90. The summed E-state index contributed by atoms with van der Waals surface area (Å²) in [6.45, 7) is 5.19. The lowest BCUT2D eigenvalue weighted by molar-refractivity contribution is -0.288. The van der Waals surface area contributed by atoms with Crippen LogP contribution in [0.15, 0.2) is 24.3 Å². The lowest BCUT2D eigenvalue weighted by Crippen LogP contribution is -2.63. The first kappa shape index (κ1) is 29.6. The molecule has 1 aromatic carbocycles. The first-order valence-electron chi connectivity index (χ1n) is 12.4. The van der Waals surface area contributed by atoms with E-state index in [0.717, 1.165) is 33.6 Å². The minimum Gasteiger partial charge on any atom is -0.463 e. The van der Waals surface area contributed by atoms with E-state index in [4.69, 9.17) is 28.4 Å². The van der Waals surface area contributed by atoms with Gasteiger partial charge in [-0.05, 0) is 37.1 Å². The molecule has 2 saturated heterocycles. The molecule has 2 aliphatic rings. The Labute approximate surface area is 224 Å². The molecule has 2 aliphatic heterocycles. The molecule has 1 aromatic rings. The zero-order valence-corrected chi connectivity index (χ0v) is 22.1. The Hall–Kier alpha value is -4.00. The number of ketones is 1. The first-order chi connectivity index (χ1) is 18.5. The summed E-state index contributed by atoms with van der Waals surface area (Å²) in [7, 11) is 0. The molecule has 39 heavy (non-hydrogen) atoms. The van der Waals surface area contributed by atoms with Gasteiger partial charge in [0.2, 0.25) is 18.2 Å². The van der Waals surface area contributed by atoms with Crippen LogP contribution in [0.1, 0.15) is 50.9 Å². The zero-order chi connectivity index (χ0) is 28.7. The lowest BCUT2D eigenvalue weighted by Gasteiger charge is -2.43. The molecule has 2 fully saturated rings. The van der Waals surface area contributed by atoms with Crippen molar-refractivity contribution in [3.05, 3.63) is 29.8 Å². The number of esters is 4. The summed E-state index contributed by atoms with van der Waals surface area (Å²) in [5.74, 6) is -4.02. The second-order valence-electron chi connectivity index (χ2n) is 9.04. The topological polar surface area (TPSA) is 161 Å². The van der Waals surface area contributed by atoms with Gasteiger partial charge < -0.3 is 33.3 Å². The highest BCUT2D eigenvalue weighted by atomic mass is 16.7. The maximum Gasteiger partial charge on any atom is 0.303 e. The van der Waals surface area contributed by atoms with Crippen molar-refractivity contribution in [3.8, 4) is 5.75 Å². The normalized spacial score (nSPS) is 24.3. The minimum absolute atomic E-state index is 0.154. The standard InChI is InChI=1S/C26H31NO12/c1-14(28)34-13-20-22(35-15(2)29)23(36-16(3)30)24(37-17(4)31)26(39-20)38-19-9-7-18(8-10-19)21(32)25(33)27-11-5-6-12-27/h7-10,20,22-24,26H,5-6,11-13H2,1-4H3. The molecule has 5 atom stereocenters. The zero-order valence-electron chi connectivity index (χ0n) is 22.1. The van der Waals surface area contributed by atoms with Crippen LogP contribution in [0.4, 0.5) is 0 Å². The number of nitrogens with zero attached hydrogens (tertiary/aromatic N) is 1. The Balaban J connectivity index is 1.87. The highest BCUT2D eigenvalue weighted by molar-refractivity contribution is 6.42. The van der Waals surface area contributed by atoms with E-state index in [-0.39, 0.29) is 11.3 Å².